The molecule has 154 valence electrons. The average Bonchev–Trinajstić information content (AvgIpc) is 3.41. The molecule has 4 rings (SSSR count). The Morgan fingerprint density at radius 3 is 2.62 bits per heavy atom. The Labute approximate surface area is 168 Å². The highest BCUT2D eigenvalue weighted by molar-refractivity contribution is 5.25. The molecule has 1 aliphatic rings. The molecule has 9 heteroatoms. The maximum Gasteiger partial charge on any atom is 0.173 e. The predicted molar refractivity (Wildman–Crippen MR) is 103 cm³/mol. The second kappa shape index (κ2) is 9.25. The summed E-state index contributed by atoms with van der Waals surface area (Å²) in [4.78, 5) is 4.71. The summed E-state index contributed by atoms with van der Waals surface area (Å²) in [7, 11) is 1.65. The molecule has 1 aromatic carbocycles. The number of ether oxygens (including phenoxy) is 1. The van der Waals surface area contributed by atoms with Crippen LogP contribution in [0.15, 0.2) is 47.1 Å². The highest BCUT2D eigenvalue weighted by atomic mass is 19.1. The maximum atomic E-state index is 13.5. The SMILES string of the molecule is COCCn1nnnc1C(c1ccc(F)cc1)N1CCN(Cc2ccco2)CC1. The van der Waals surface area contributed by atoms with E-state index in [4.69, 9.17) is 9.15 Å². The molecule has 29 heavy (non-hydrogen) atoms. The molecule has 1 aliphatic heterocycles. The van der Waals surface area contributed by atoms with Crippen LogP contribution >= 0.6 is 0 Å². The van der Waals surface area contributed by atoms with Crippen molar-refractivity contribution in [2.75, 3.05) is 39.9 Å². The molecule has 2 aromatic heterocycles. The fourth-order valence-electron chi connectivity index (χ4n) is 3.72. The Hall–Kier alpha value is -2.62. The predicted octanol–water partition coefficient (Wildman–Crippen LogP) is 1.96. The van der Waals surface area contributed by atoms with Crippen LogP contribution in [0.3, 0.4) is 0 Å². The smallest absolute Gasteiger partial charge is 0.173 e. The van der Waals surface area contributed by atoms with Crippen molar-refractivity contribution in [3.63, 3.8) is 0 Å². The summed E-state index contributed by atoms with van der Waals surface area (Å²) in [6.07, 6.45) is 1.70. The summed E-state index contributed by atoms with van der Waals surface area (Å²) >= 11 is 0. The Kier molecular flexibility index (Phi) is 6.28. The molecule has 0 aliphatic carbocycles. The topological polar surface area (TPSA) is 72.5 Å². The van der Waals surface area contributed by atoms with E-state index in [1.807, 2.05) is 24.3 Å². The number of piperazine rings is 1. The van der Waals surface area contributed by atoms with Crippen LogP contribution in [-0.4, -0.2) is 69.9 Å². The number of hydrogen-bond donors (Lipinski definition) is 0. The van der Waals surface area contributed by atoms with E-state index in [0.29, 0.717) is 13.2 Å². The summed E-state index contributed by atoms with van der Waals surface area (Å²) < 4.78 is 25.9. The summed E-state index contributed by atoms with van der Waals surface area (Å²) in [5.41, 5.74) is 0.972. The zero-order valence-corrected chi connectivity index (χ0v) is 16.4. The van der Waals surface area contributed by atoms with Crippen molar-refractivity contribution in [1.29, 1.82) is 0 Å². The van der Waals surface area contributed by atoms with E-state index >= 15 is 0 Å². The van der Waals surface area contributed by atoms with Gasteiger partial charge in [-0.3, -0.25) is 9.80 Å². The van der Waals surface area contributed by atoms with Crippen molar-refractivity contribution in [2.45, 2.75) is 19.1 Å². The van der Waals surface area contributed by atoms with E-state index < -0.39 is 0 Å². The average molecular weight is 400 g/mol. The molecular formula is C20H25FN6O2. The normalized spacial score (nSPS) is 16.9. The number of nitrogens with zero attached hydrogens (tertiary/aromatic N) is 6. The first-order valence-electron chi connectivity index (χ1n) is 9.74. The van der Waals surface area contributed by atoms with Gasteiger partial charge in [0.15, 0.2) is 5.82 Å². The third-order valence-electron chi connectivity index (χ3n) is 5.23. The van der Waals surface area contributed by atoms with Gasteiger partial charge in [-0.25, -0.2) is 9.07 Å². The van der Waals surface area contributed by atoms with Gasteiger partial charge in [-0.2, -0.15) is 0 Å². The van der Waals surface area contributed by atoms with Crippen molar-refractivity contribution in [1.82, 2.24) is 30.0 Å². The third-order valence-corrected chi connectivity index (χ3v) is 5.23. The van der Waals surface area contributed by atoms with Gasteiger partial charge in [0.05, 0.1) is 32.0 Å². The fraction of sp³-hybridized carbons (Fsp3) is 0.450. The van der Waals surface area contributed by atoms with Gasteiger partial charge in [0.1, 0.15) is 11.6 Å². The number of halogens is 1. The first-order chi connectivity index (χ1) is 14.2. The van der Waals surface area contributed by atoms with Gasteiger partial charge in [0, 0.05) is 33.3 Å². The molecule has 0 radical (unpaired) electrons. The number of hydrogen-bond acceptors (Lipinski definition) is 7. The number of tetrazole rings is 1. The van der Waals surface area contributed by atoms with Gasteiger partial charge in [0.2, 0.25) is 0 Å². The van der Waals surface area contributed by atoms with Gasteiger partial charge in [0.25, 0.3) is 0 Å². The standard InChI is InChI=1S/C20H25FN6O2/c1-28-14-12-27-20(22-23-24-27)19(16-4-6-17(21)7-5-16)26-10-8-25(9-11-26)15-18-3-2-13-29-18/h2-7,13,19H,8-12,14-15H2,1H3. The van der Waals surface area contributed by atoms with Crippen LogP contribution in [-0.2, 0) is 17.8 Å². The molecule has 8 nitrogen and oxygen atoms in total. The molecule has 0 spiro atoms. The molecule has 3 heterocycles. The maximum absolute atomic E-state index is 13.5. The molecule has 0 saturated carbocycles. The Bertz CT molecular complexity index is 875. The minimum Gasteiger partial charge on any atom is -0.468 e. The van der Waals surface area contributed by atoms with E-state index in [-0.39, 0.29) is 11.9 Å². The van der Waals surface area contributed by atoms with Crippen molar-refractivity contribution in [3.8, 4) is 0 Å². The van der Waals surface area contributed by atoms with Crippen molar-refractivity contribution < 1.29 is 13.5 Å². The van der Waals surface area contributed by atoms with Gasteiger partial charge < -0.3 is 9.15 Å². The minimum absolute atomic E-state index is 0.145. The largest absolute Gasteiger partial charge is 0.468 e. The highest BCUT2D eigenvalue weighted by Crippen LogP contribution is 2.28. The minimum atomic E-state index is -0.255. The van der Waals surface area contributed by atoms with Gasteiger partial charge in [-0.05, 0) is 40.3 Å². The molecule has 1 fully saturated rings. The van der Waals surface area contributed by atoms with Crippen molar-refractivity contribution >= 4 is 0 Å². The second-order valence-corrected chi connectivity index (χ2v) is 7.10. The lowest BCUT2D eigenvalue weighted by Gasteiger charge is -2.38. The van der Waals surface area contributed by atoms with Gasteiger partial charge in [-0.15, -0.1) is 5.10 Å². The zero-order chi connectivity index (χ0) is 20.1. The fourth-order valence-corrected chi connectivity index (χ4v) is 3.72. The molecule has 1 unspecified atom stereocenters. The van der Waals surface area contributed by atoms with Gasteiger partial charge >= 0.3 is 0 Å². The summed E-state index contributed by atoms with van der Waals surface area (Å²) in [6.45, 7) is 5.38. The van der Waals surface area contributed by atoms with Crippen LogP contribution in [0, 0.1) is 5.82 Å². The zero-order valence-electron chi connectivity index (χ0n) is 16.4. The third kappa shape index (κ3) is 4.69. The lowest BCUT2D eigenvalue weighted by atomic mass is 10.0. The van der Waals surface area contributed by atoms with Crippen LogP contribution in [0.2, 0.25) is 0 Å². The number of benzene rings is 1. The number of methoxy groups -OCH3 is 1. The molecule has 0 bridgehead atoms. The van der Waals surface area contributed by atoms with E-state index in [1.165, 1.54) is 12.1 Å². The summed E-state index contributed by atoms with van der Waals surface area (Å²) in [6, 6.07) is 10.4. The molecule has 0 N–H and O–H groups in total. The number of furan rings is 1. The lowest BCUT2D eigenvalue weighted by Crippen LogP contribution is -2.48. The second-order valence-electron chi connectivity index (χ2n) is 7.10. The van der Waals surface area contributed by atoms with Gasteiger partial charge in [-0.1, -0.05) is 12.1 Å². The monoisotopic (exact) mass is 400 g/mol. The Morgan fingerprint density at radius 1 is 1.14 bits per heavy atom. The Balaban J connectivity index is 1.53. The van der Waals surface area contributed by atoms with Crippen LogP contribution in [0.25, 0.3) is 0 Å². The Morgan fingerprint density at radius 2 is 1.93 bits per heavy atom. The van der Waals surface area contributed by atoms with E-state index in [2.05, 4.69) is 25.3 Å². The van der Waals surface area contributed by atoms with Crippen molar-refractivity contribution in [3.05, 3.63) is 65.6 Å². The molecule has 3 aromatic rings. The quantitative estimate of drug-likeness (QED) is 0.572. The van der Waals surface area contributed by atoms with E-state index in [9.17, 15) is 4.39 Å². The first-order valence-corrected chi connectivity index (χ1v) is 9.74. The first kappa shape index (κ1) is 19.7. The van der Waals surface area contributed by atoms with Crippen LogP contribution in [0.5, 0.6) is 0 Å². The molecular weight excluding hydrogens is 375 g/mol. The summed E-state index contributed by atoms with van der Waals surface area (Å²) in [5.74, 6) is 1.46. The van der Waals surface area contributed by atoms with Crippen LogP contribution in [0.4, 0.5) is 4.39 Å². The summed E-state index contributed by atoms with van der Waals surface area (Å²) in [5, 5.41) is 12.3. The molecule has 1 atom stereocenters. The van der Waals surface area contributed by atoms with Crippen molar-refractivity contribution in [2.24, 2.45) is 0 Å². The number of rotatable bonds is 8. The van der Waals surface area contributed by atoms with E-state index in [0.717, 1.165) is 49.9 Å². The lowest BCUT2D eigenvalue weighted by molar-refractivity contribution is 0.0944. The highest BCUT2D eigenvalue weighted by Gasteiger charge is 2.30. The van der Waals surface area contributed by atoms with Crippen LogP contribution in [0.1, 0.15) is 23.2 Å². The number of aromatic nitrogens is 4. The molecule has 1 saturated heterocycles. The molecule has 0 amide bonds. The van der Waals surface area contributed by atoms with Crippen LogP contribution < -0.4 is 0 Å². The van der Waals surface area contributed by atoms with E-state index in [1.54, 1.807) is 18.1 Å².